The summed E-state index contributed by atoms with van der Waals surface area (Å²) in [7, 11) is 1.60. The Morgan fingerprint density at radius 2 is 2.16 bits per heavy atom. The van der Waals surface area contributed by atoms with Crippen LogP contribution in [-0.2, 0) is 14.9 Å². The van der Waals surface area contributed by atoms with E-state index in [1.54, 1.807) is 7.11 Å². The van der Waals surface area contributed by atoms with E-state index < -0.39 is 5.41 Å². The third-order valence-electron chi connectivity index (χ3n) is 3.59. The quantitative estimate of drug-likeness (QED) is 0.501. The molecule has 0 aliphatic carbocycles. The van der Waals surface area contributed by atoms with Crippen LogP contribution in [0.25, 0.3) is 0 Å². The fourth-order valence-corrected chi connectivity index (χ4v) is 2.89. The number of halogens is 1. The number of benzene rings is 1. The molecule has 1 heterocycles. The van der Waals surface area contributed by atoms with Gasteiger partial charge in [0.25, 0.3) is 0 Å². The Bertz CT molecular complexity index is 473. The molecule has 3 N–H and O–H groups in total. The molecule has 0 saturated carbocycles. The molecule has 19 heavy (non-hydrogen) atoms. The normalized spacial score (nSPS) is 17.8. The van der Waals surface area contributed by atoms with Crippen LogP contribution < -0.4 is 16.0 Å². The van der Waals surface area contributed by atoms with E-state index >= 15 is 0 Å². The average molecular weight is 329 g/mol. The maximum atomic E-state index is 12.3. The van der Waals surface area contributed by atoms with Crippen molar-refractivity contribution in [1.29, 1.82) is 0 Å². The van der Waals surface area contributed by atoms with E-state index in [-0.39, 0.29) is 5.91 Å². The lowest BCUT2D eigenvalue weighted by molar-refractivity contribution is -0.130. The maximum absolute atomic E-state index is 12.3. The molecule has 1 aromatic rings. The van der Waals surface area contributed by atoms with Crippen LogP contribution >= 0.6 is 15.9 Å². The Kier molecular flexibility index (Phi) is 4.44. The number of hydrazine groups is 1. The average Bonchev–Trinajstić information content (AvgIpc) is 2.47. The number of hydrogen-bond donors (Lipinski definition) is 2. The van der Waals surface area contributed by atoms with Crippen molar-refractivity contribution < 1.29 is 14.3 Å². The van der Waals surface area contributed by atoms with Gasteiger partial charge in [-0.1, -0.05) is 15.9 Å². The molecule has 0 radical (unpaired) electrons. The number of methoxy groups -OCH3 is 1. The zero-order chi connectivity index (χ0) is 13.9. The van der Waals surface area contributed by atoms with Crippen LogP contribution in [0.4, 0.5) is 0 Å². The van der Waals surface area contributed by atoms with Gasteiger partial charge in [0.15, 0.2) is 0 Å². The number of nitrogens with two attached hydrogens (primary N) is 1. The molecular formula is C13H17BrN2O3. The van der Waals surface area contributed by atoms with E-state index in [0.717, 1.165) is 10.0 Å². The van der Waals surface area contributed by atoms with Gasteiger partial charge in [-0.15, -0.1) is 0 Å². The van der Waals surface area contributed by atoms with Crippen LogP contribution in [-0.4, -0.2) is 26.2 Å². The first-order chi connectivity index (χ1) is 9.14. The second kappa shape index (κ2) is 5.90. The minimum Gasteiger partial charge on any atom is -0.496 e. The van der Waals surface area contributed by atoms with Crippen molar-refractivity contribution in [3.05, 3.63) is 28.2 Å². The molecule has 1 aliphatic rings. The lowest BCUT2D eigenvalue weighted by Crippen LogP contribution is -2.50. The first-order valence-corrected chi connectivity index (χ1v) is 6.86. The second-order valence-electron chi connectivity index (χ2n) is 4.51. The van der Waals surface area contributed by atoms with Crippen LogP contribution in [0, 0.1) is 0 Å². The molecule has 0 bridgehead atoms. The van der Waals surface area contributed by atoms with E-state index in [2.05, 4.69) is 21.4 Å². The number of carbonyl (C=O) groups is 1. The summed E-state index contributed by atoms with van der Waals surface area (Å²) in [6.45, 7) is 1.06. The summed E-state index contributed by atoms with van der Waals surface area (Å²) in [6.07, 6.45) is 1.17. The van der Waals surface area contributed by atoms with Crippen molar-refractivity contribution in [1.82, 2.24) is 5.43 Å². The maximum Gasteiger partial charge on any atom is 0.244 e. The topological polar surface area (TPSA) is 73.6 Å². The number of rotatable bonds is 3. The van der Waals surface area contributed by atoms with Gasteiger partial charge in [0.2, 0.25) is 5.91 Å². The molecule has 0 spiro atoms. The zero-order valence-corrected chi connectivity index (χ0v) is 12.3. The Balaban J connectivity index is 2.54. The summed E-state index contributed by atoms with van der Waals surface area (Å²) in [6, 6.07) is 5.65. The first kappa shape index (κ1) is 14.3. The first-order valence-electron chi connectivity index (χ1n) is 6.07. The summed E-state index contributed by atoms with van der Waals surface area (Å²) in [5.74, 6) is 5.85. The number of amides is 1. The Morgan fingerprint density at radius 3 is 2.74 bits per heavy atom. The van der Waals surface area contributed by atoms with Gasteiger partial charge < -0.3 is 9.47 Å². The van der Waals surface area contributed by atoms with Gasteiger partial charge in [0.1, 0.15) is 5.75 Å². The van der Waals surface area contributed by atoms with Gasteiger partial charge in [-0.2, -0.15) is 0 Å². The third-order valence-corrected chi connectivity index (χ3v) is 4.08. The molecule has 104 valence electrons. The Hall–Kier alpha value is -1.11. The number of hydrogen-bond acceptors (Lipinski definition) is 4. The van der Waals surface area contributed by atoms with E-state index in [4.69, 9.17) is 15.3 Å². The molecule has 1 amide bonds. The Labute approximate surface area is 120 Å². The Morgan fingerprint density at radius 1 is 1.47 bits per heavy atom. The number of ether oxygens (including phenoxy) is 2. The molecule has 2 rings (SSSR count). The van der Waals surface area contributed by atoms with Crippen molar-refractivity contribution >= 4 is 21.8 Å². The highest BCUT2D eigenvalue weighted by Crippen LogP contribution is 2.41. The van der Waals surface area contributed by atoms with Crippen LogP contribution in [0.1, 0.15) is 18.4 Å². The monoisotopic (exact) mass is 328 g/mol. The SMILES string of the molecule is COc1ccc(Br)cc1C1(C(=O)NN)CCOCC1. The zero-order valence-electron chi connectivity index (χ0n) is 10.7. The largest absolute Gasteiger partial charge is 0.496 e. The molecule has 0 atom stereocenters. The highest BCUT2D eigenvalue weighted by Gasteiger charge is 2.43. The van der Waals surface area contributed by atoms with Crippen molar-refractivity contribution in [2.24, 2.45) is 5.84 Å². The minimum absolute atomic E-state index is 0.202. The van der Waals surface area contributed by atoms with Crippen LogP contribution in [0.15, 0.2) is 22.7 Å². The summed E-state index contributed by atoms with van der Waals surface area (Å²) in [5, 5.41) is 0. The number of nitrogens with one attached hydrogen (secondary N) is 1. The van der Waals surface area contributed by atoms with Gasteiger partial charge in [0.05, 0.1) is 12.5 Å². The fourth-order valence-electron chi connectivity index (χ4n) is 2.53. The molecule has 5 nitrogen and oxygen atoms in total. The van der Waals surface area contributed by atoms with Crippen molar-refractivity contribution in [2.45, 2.75) is 18.3 Å². The molecule has 1 aromatic carbocycles. The van der Waals surface area contributed by atoms with Crippen LogP contribution in [0.2, 0.25) is 0 Å². The summed E-state index contributed by atoms with van der Waals surface area (Å²) >= 11 is 3.44. The highest BCUT2D eigenvalue weighted by molar-refractivity contribution is 9.10. The van der Waals surface area contributed by atoms with E-state index in [1.807, 2.05) is 18.2 Å². The molecule has 1 saturated heterocycles. The number of carbonyl (C=O) groups excluding carboxylic acids is 1. The summed E-state index contributed by atoms with van der Waals surface area (Å²) in [5.41, 5.74) is 2.43. The van der Waals surface area contributed by atoms with Gasteiger partial charge in [0, 0.05) is 23.2 Å². The lowest BCUT2D eigenvalue weighted by Gasteiger charge is -2.36. The van der Waals surface area contributed by atoms with Crippen molar-refractivity contribution in [3.8, 4) is 5.75 Å². The van der Waals surface area contributed by atoms with Gasteiger partial charge in [-0.3, -0.25) is 10.2 Å². The predicted molar refractivity (Wildman–Crippen MR) is 74.8 cm³/mol. The molecule has 0 aromatic heterocycles. The van der Waals surface area contributed by atoms with Crippen LogP contribution in [0.3, 0.4) is 0 Å². The molecule has 6 heteroatoms. The molecule has 1 aliphatic heterocycles. The summed E-state index contributed by atoms with van der Waals surface area (Å²) in [4.78, 5) is 12.3. The minimum atomic E-state index is -0.692. The van der Waals surface area contributed by atoms with Crippen molar-refractivity contribution in [3.63, 3.8) is 0 Å². The molecule has 1 fully saturated rings. The second-order valence-corrected chi connectivity index (χ2v) is 5.43. The van der Waals surface area contributed by atoms with Gasteiger partial charge in [-0.25, -0.2) is 5.84 Å². The molecule has 0 unspecified atom stereocenters. The third kappa shape index (κ3) is 2.61. The lowest BCUT2D eigenvalue weighted by atomic mass is 9.73. The van der Waals surface area contributed by atoms with Crippen LogP contribution in [0.5, 0.6) is 5.75 Å². The standard InChI is InChI=1S/C13H17BrN2O3/c1-18-11-3-2-9(14)8-10(11)13(12(17)16-15)4-6-19-7-5-13/h2-3,8H,4-7,15H2,1H3,(H,16,17). The predicted octanol–water partition coefficient (Wildman–Crippen LogP) is 1.50. The smallest absolute Gasteiger partial charge is 0.244 e. The van der Waals surface area contributed by atoms with E-state index in [0.29, 0.717) is 31.8 Å². The fraction of sp³-hybridized carbons (Fsp3) is 0.462. The van der Waals surface area contributed by atoms with E-state index in [9.17, 15) is 4.79 Å². The summed E-state index contributed by atoms with van der Waals surface area (Å²) < 4.78 is 11.7. The van der Waals surface area contributed by atoms with Gasteiger partial charge in [-0.05, 0) is 31.0 Å². The molecular weight excluding hydrogens is 312 g/mol. The van der Waals surface area contributed by atoms with Crippen molar-refractivity contribution in [2.75, 3.05) is 20.3 Å². The highest BCUT2D eigenvalue weighted by atomic mass is 79.9. The van der Waals surface area contributed by atoms with E-state index in [1.165, 1.54) is 0 Å². The van der Waals surface area contributed by atoms with Gasteiger partial charge >= 0.3 is 0 Å².